The van der Waals surface area contributed by atoms with Crippen molar-refractivity contribution in [2.75, 3.05) is 0 Å². The molecular formula is C7H5ClO. The lowest BCUT2D eigenvalue weighted by molar-refractivity contribution is 0.527. The molecule has 0 fully saturated rings. The molecule has 1 aromatic heterocycles. The van der Waals surface area contributed by atoms with Crippen molar-refractivity contribution in [1.29, 1.82) is 0 Å². The Kier molecular flexibility index (Phi) is 1.81. The van der Waals surface area contributed by atoms with Crippen LogP contribution in [-0.4, -0.2) is 0 Å². The topological polar surface area (TPSA) is 13.1 Å². The first-order valence-corrected chi connectivity index (χ1v) is 2.88. The molecule has 9 heavy (non-hydrogen) atoms. The smallest absolute Gasteiger partial charge is 0.193 e. The molecule has 0 saturated heterocycles. The fourth-order valence-corrected chi connectivity index (χ4v) is 0.709. The zero-order chi connectivity index (χ0) is 6.69. The summed E-state index contributed by atoms with van der Waals surface area (Å²) < 4.78 is 4.95. The Bertz CT molecular complexity index is 231. The van der Waals surface area contributed by atoms with Gasteiger partial charge in [0.05, 0.1) is 6.42 Å². The third kappa shape index (κ3) is 1.51. The Balaban J connectivity index is 2.76. The molecule has 46 valence electrons. The minimum Gasteiger partial charge on any atom is -0.449 e. The summed E-state index contributed by atoms with van der Waals surface area (Å²) >= 11 is 5.46. The van der Waals surface area contributed by atoms with Crippen LogP contribution in [0.1, 0.15) is 5.76 Å². The minimum atomic E-state index is 0.389. The van der Waals surface area contributed by atoms with Crippen LogP contribution < -0.4 is 0 Å². The van der Waals surface area contributed by atoms with Gasteiger partial charge in [-0.05, 0) is 23.7 Å². The molecule has 0 aliphatic heterocycles. The van der Waals surface area contributed by atoms with Crippen molar-refractivity contribution >= 4 is 11.6 Å². The quantitative estimate of drug-likeness (QED) is 0.545. The molecule has 1 heterocycles. The molecule has 0 aromatic carbocycles. The van der Waals surface area contributed by atoms with Crippen molar-refractivity contribution in [2.24, 2.45) is 0 Å². The van der Waals surface area contributed by atoms with E-state index in [9.17, 15) is 0 Å². The summed E-state index contributed by atoms with van der Waals surface area (Å²) in [6.07, 6.45) is 5.52. The number of rotatable bonds is 1. The van der Waals surface area contributed by atoms with Crippen LogP contribution in [0, 0.1) is 12.3 Å². The minimum absolute atomic E-state index is 0.389. The number of terminal acetylenes is 1. The third-order valence-corrected chi connectivity index (χ3v) is 1.11. The van der Waals surface area contributed by atoms with Gasteiger partial charge in [-0.15, -0.1) is 6.42 Å². The van der Waals surface area contributed by atoms with E-state index in [1.807, 2.05) is 0 Å². The predicted octanol–water partition coefficient (Wildman–Crippen LogP) is 2.11. The molecule has 0 atom stereocenters. The van der Waals surface area contributed by atoms with Crippen LogP contribution in [0.4, 0.5) is 0 Å². The van der Waals surface area contributed by atoms with Gasteiger partial charge < -0.3 is 4.42 Å². The lowest BCUT2D eigenvalue weighted by Crippen LogP contribution is -1.71. The first-order valence-electron chi connectivity index (χ1n) is 2.50. The van der Waals surface area contributed by atoms with Crippen LogP contribution in [0.15, 0.2) is 16.5 Å². The SMILES string of the molecule is C#CCc1ccc(Cl)o1. The second-order valence-corrected chi connectivity index (χ2v) is 1.96. The van der Waals surface area contributed by atoms with E-state index in [2.05, 4.69) is 5.92 Å². The maximum atomic E-state index is 5.46. The first-order chi connectivity index (χ1) is 4.33. The molecule has 0 bridgehead atoms. The number of hydrogen-bond donors (Lipinski definition) is 0. The fourth-order valence-electron chi connectivity index (χ4n) is 0.547. The van der Waals surface area contributed by atoms with Gasteiger partial charge in [0.2, 0.25) is 0 Å². The summed E-state index contributed by atoms with van der Waals surface area (Å²) in [4.78, 5) is 0. The van der Waals surface area contributed by atoms with E-state index in [0.29, 0.717) is 11.6 Å². The molecule has 0 aliphatic rings. The average Bonchev–Trinajstić information content (AvgIpc) is 2.17. The standard InChI is InChI=1S/C7H5ClO/c1-2-3-6-4-5-7(8)9-6/h1,4-5H,3H2. The summed E-state index contributed by atoms with van der Waals surface area (Å²) in [6.45, 7) is 0. The highest BCUT2D eigenvalue weighted by Crippen LogP contribution is 2.12. The Morgan fingerprint density at radius 1 is 1.67 bits per heavy atom. The summed E-state index contributed by atoms with van der Waals surface area (Å²) in [5.74, 6) is 3.18. The maximum absolute atomic E-state index is 5.46. The van der Waals surface area contributed by atoms with E-state index in [-0.39, 0.29) is 0 Å². The molecule has 1 aromatic rings. The van der Waals surface area contributed by atoms with Crippen LogP contribution >= 0.6 is 11.6 Å². The second-order valence-electron chi connectivity index (χ2n) is 1.59. The van der Waals surface area contributed by atoms with Gasteiger partial charge in [-0.3, -0.25) is 0 Å². The van der Waals surface area contributed by atoms with Crippen molar-refractivity contribution in [3.8, 4) is 12.3 Å². The molecule has 0 aliphatic carbocycles. The number of halogens is 1. The Morgan fingerprint density at radius 3 is 2.89 bits per heavy atom. The van der Waals surface area contributed by atoms with Crippen LogP contribution in [0.5, 0.6) is 0 Å². The third-order valence-electron chi connectivity index (χ3n) is 0.905. The predicted molar refractivity (Wildman–Crippen MR) is 36.3 cm³/mol. The lowest BCUT2D eigenvalue weighted by atomic mass is 10.3. The summed E-state index contributed by atoms with van der Waals surface area (Å²) in [7, 11) is 0. The Labute approximate surface area is 58.6 Å². The van der Waals surface area contributed by atoms with Gasteiger partial charge in [-0.1, -0.05) is 5.92 Å². The highest BCUT2D eigenvalue weighted by Gasteiger charge is 1.94. The summed E-state index contributed by atoms with van der Waals surface area (Å²) in [5, 5.41) is 0.389. The largest absolute Gasteiger partial charge is 0.449 e. The molecule has 0 radical (unpaired) electrons. The van der Waals surface area contributed by atoms with Crippen LogP contribution in [0.2, 0.25) is 5.22 Å². The van der Waals surface area contributed by atoms with Gasteiger partial charge in [0.25, 0.3) is 0 Å². The van der Waals surface area contributed by atoms with Crippen LogP contribution in [0.25, 0.3) is 0 Å². The molecule has 2 heteroatoms. The van der Waals surface area contributed by atoms with E-state index in [4.69, 9.17) is 22.4 Å². The molecule has 1 nitrogen and oxygen atoms in total. The molecule has 0 amide bonds. The fraction of sp³-hybridized carbons (Fsp3) is 0.143. The number of hydrogen-bond acceptors (Lipinski definition) is 1. The highest BCUT2D eigenvalue weighted by molar-refractivity contribution is 6.28. The summed E-state index contributed by atoms with van der Waals surface area (Å²) in [6, 6.07) is 3.44. The van der Waals surface area contributed by atoms with E-state index in [1.165, 1.54) is 0 Å². The molecule has 0 spiro atoms. The van der Waals surface area contributed by atoms with Crippen molar-refractivity contribution < 1.29 is 4.42 Å². The highest BCUT2D eigenvalue weighted by atomic mass is 35.5. The van der Waals surface area contributed by atoms with Crippen molar-refractivity contribution in [3.63, 3.8) is 0 Å². The Morgan fingerprint density at radius 2 is 2.44 bits per heavy atom. The Hall–Kier alpha value is -0.870. The van der Waals surface area contributed by atoms with Crippen LogP contribution in [-0.2, 0) is 6.42 Å². The van der Waals surface area contributed by atoms with E-state index < -0.39 is 0 Å². The zero-order valence-electron chi connectivity index (χ0n) is 4.73. The van der Waals surface area contributed by atoms with Gasteiger partial charge in [-0.25, -0.2) is 0 Å². The van der Waals surface area contributed by atoms with E-state index >= 15 is 0 Å². The van der Waals surface area contributed by atoms with Crippen molar-refractivity contribution in [1.82, 2.24) is 0 Å². The molecule has 0 N–H and O–H groups in total. The van der Waals surface area contributed by atoms with E-state index in [1.54, 1.807) is 12.1 Å². The number of furan rings is 1. The van der Waals surface area contributed by atoms with Gasteiger partial charge >= 0.3 is 0 Å². The second kappa shape index (κ2) is 2.61. The van der Waals surface area contributed by atoms with Gasteiger partial charge in [0, 0.05) is 0 Å². The van der Waals surface area contributed by atoms with Gasteiger partial charge in [-0.2, -0.15) is 0 Å². The molecule has 1 rings (SSSR count). The normalized spacial score (nSPS) is 8.89. The van der Waals surface area contributed by atoms with Crippen molar-refractivity contribution in [3.05, 3.63) is 23.1 Å². The monoisotopic (exact) mass is 140 g/mol. The lowest BCUT2D eigenvalue weighted by Gasteiger charge is -1.81. The van der Waals surface area contributed by atoms with Crippen LogP contribution in [0.3, 0.4) is 0 Å². The zero-order valence-corrected chi connectivity index (χ0v) is 5.48. The molecule has 0 saturated carbocycles. The maximum Gasteiger partial charge on any atom is 0.193 e. The van der Waals surface area contributed by atoms with E-state index in [0.717, 1.165) is 5.76 Å². The van der Waals surface area contributed by atoms with Gasteiger partial charge in [0.1, 0.15) is 5.76 Å². The van der Waals surface area contributed by atoms with Crippen molar-refractivity contribution in [2.45, 2.75) is 6.42 Å². The first kappa shape index (κ1) is 6.25. The molecule has 0 unspecified atom stereocenters. The average molecular weight is 141 g/mol. The molecular weight excluding hydrogens is 136 g/mol. The summed E-state index contributed by atoms with van der Waals surface area (Å²) in [5.41, 5.74) is 0. The van der Waals surface area contributed by atoms with Gasteiger partial charge in [0.15, 0.2) is 5.22 Å².